The first-order valence-corrected chi connectivity index (χ1v) is 7.94. The molecule has 0 amide bonds. The molecule has 1 saturated carbocycles. The number of benzene rings is 1. The molecule has 20 heavy (non-hydrogen) atoms. The maximum absolute atomic E-state index is 6.20. The second-order valence-electron chi connectivity index (χ2n) is 5.88. The molecule has 1 aromatic rings. The largest absolute Gasteiger partial charge is 0.495 e. The van der Waals surface area contributed by atoms with E-state index in [2.05, 4.69) is 17.1 Å². The van der Waals surface area contributed by atoms with Gasteiger partial charge in [-0.15, -0.1) is 0 Å². The van der Waals surface area contributed by atoms with Gasteiger partial charge in [0, 0.05) is 30.2 Å². The maximum Gasteiger partial charge on any atom is 0.142 e. The highest BCUT2D eigenvalue weighted by atomic mass is 35.5. The fourth-order valence-electron chi connectivity index (χ4n) is 3.18. The van der Waals surface area contributed by atoms with E-state index in [1.54, 1.807) is 7.11 Å². The Labute approximate surface area is 126 Å². The standard InChI is InChI=1S/C16H23ClN2O/c1-3-13-9-18-14(11-4-5-11)10-19(13)15-8-12(17)6-7-16(15)20-2/h6-8,11,13-14,18H,3-5,9-10H2,1-2H3. The van der Waals surface area contributed by atoms with Crippen LogP contribution in [-0.2, 0) is 0 Å². The monoisotopic (exact) mass is 294 g/mol. The molecule has 1 N–H and O–H groups in total. The lowest BCUT2D eigenvalue weighted by Gasteiger charge is -2.42. The van der Waals surface area contributed by atoms with Gasteiger partial charge in [-0.1, -0.05) is 18.5 Å². The molecule has 0 radical (unpaired) electrons. The Bertz CT molecular complexity index is 476. The maximum atomic E-state index is 6.20. The number of halogens is 1. The zero-order chi connectivity index (χ0) is 14.1. The summed E-state index contributed by atoms with van der Waals surface area (Å²) in [5.41, 5.74) is 1.14. The third-order valence-corrected chi connectivity index (χ3v) is 4.80. The van der Waals surface area contributed by atoms with E-state index in [9.17, 15) is 0 Å². The van der Waals surface area contributed by atoms with Gasteiger partial charge in [0.15, 0.2) is 0 Å². The van der Waals surface area contributed by atoms with Gasteiger partial charge in [0.25, 0.3) is 0 Å². The van der Waals surface area contributed by atoms with Crippen LogP contribution in [0, 0.1) is 5.92 Å². The molecule has 2 fully saturated rings. The fourth-order valence-corrected chi connectivity index (χ4v) is 3.35. The summed E-state index contributed by atoms with van der Waals surface area (Å²) < 4.78 is 5.54. The van der Waals surface area contributed by atoms with Crippen LogP contribution in [0.4, 0.5) is 5.69 Å². The molecule has 1 saturated heterocycles. The number of anilines is 1. The van der Waals surface area contributed by atoms with Crippen molar-refractivity contribution >= 4 is 17.3 Å². The van der Waals surface area contributed by atoms with E-state index in [1.807, 2.05) is 18.2 Å². The molecule has 1 aliphatic heterocycles. The van der Waals surface area contributed by atoms with Gasteiger partial charge in [-0.3, -0.25) is 0 Å². The van der Waals surface area contributed by atoms with E-state index in [4.69, 9.17) is 16.3 Å². The lowest BCUT2D eigenvalue weighted by molar-refractivity contribution is 0.353. The van der Waals surface area contributed by atoms with Crippen LogP contribution in [0.2, 0.25) is 5.02 Å². The number of nitrogens with one attached hydrogen (secondary N) is 1. The summed E-state index contributed by atoms with van der Waals surface area (Å²) in [6.07, 6.45) is 3.87. The lowest BCUT2D eigenvalue weighted by Crippen LogP contribution is -2.57. The predicted octanol–water partition coefficient (Wildman–Crippen LogP) is 3.32. The fraction of sp³-hybridized carbons (Fsp3) is 0.625. The van der Waals surface area contributed by atoms with Crippen LogP contribution in [0.1, 0.15) is 26.2 Å². The van der Waals surface area contributed by atoms with Gasteiger partial charge < -0.3 is 15.0 Å². The van der Waals surface area contributed by atoms with Crippen LogP contribution in [0.5, 0.6) is 5.75 Å². The van der Waals surface area contributed by atoms with Gasteiger partial charge >= 0.3 is 0 Å². The molecule has 3 rings (SSSR count). The van der Waals surface area contributed by atoms with Crippen LogP contribution >= 0.6 is 11.6 Å². The first-order valence-electron chi connectivity index (χ1n) is 7.56. The van der Waals surface area contributed by atoms with Crippen molar-refractivity contribution in [2.45, 2.75) is 38.3 Å². The lowest BCUT2D eigenvalue weighted by atomic mass is 10.0. The number of piperazine rings is 1. The third kappa shape index (κ3) is 2.75. The van der Waals surface area contributed by atoms with Crippen molar-refractivity contribution in [3.63, 3.8) is 0 Å². The Morgan fingerprint density at radius 1 is 1.40 bits per heavy atom. The van der Waals surface area contributed by atoms with Crippen LogP contribution in [0.25, 0.3) is 0 Å². The normalized spacial score (nSPS) is 26.6. The van der Waals surface area contributed by atoms with Gasteiger partial charge in [0.1, 0.15) is 5.75 Å². The van der Waals surface area contributed by atoms with Gasteiger partial charge in [0.05, 0.1) is 12.8 Å². The molecule has 2 unspecified atom stereocenters. The number of hydrogen-bond donors (Lipinski definition) is 1. The summed E-state index contributed by atoms with van der Waals surface area (Å²) in [5.74, 6) is 1.78. The Kier molecular flexibility index (Phi) is 4.08. The summed E-state index contributed by atoms with van der Waals surface area (Å²) in [6, 6.07) is 7.03. The first-order chi connectivity index (χ1) is 9.72. The van der Waals surface area contributed by atoms with Crippen molar-refractivity contribution in [1.29, 1.82) is 0 Å². The van der Waals surface area contributed by atoms with Gasteiger partial charge in [-0.05, 0) is 43.4 Å². The first kappa shape index (κ1) is 14.0. The van der Waals surface area contributed by atoms with Crippen LogP contribution in [0.3, 0.4) is 0 Å². The minimum Gasteiger partial charge on any atom is -0.495 e. The van der Waals surface area contributed by atoms with Crippen molar-refractivity contribution in [2.75, 3.05) is 25.1 Å². The highest BCUT2D eigenvalue weighted by molar-refractivity contribution is 6.30. The smallest absolute Gasteiger partial charge is 0.142 e. The van der Waals surface area contributed by atoms with E-state index in [0.29, 0.717) is 12.1 Å². The topological polar surface area (TPSA) is 24.5 Å². The zero-order valence-electron chi connectivity index (χ0n) is 12.2. The molecule has 1 aromatic carbocycles. The SMILES string of the molecule is CCC1CNC(C2CC2)CN1c1cc(Cl)ccc1OC. The minimum absolute atomic E-state index is 0.511. The average Bonchev–Trinajstić information content (AvgIpc) is 3.31. The molecule has 2 atom stereocenters. The van der Waals surface area contributed by atoms with E-state index < -0.39 is 0 Å². The molecule has 1 heterocycles. The number of methoxy groups -OCH3 is 1. The number of nitrogens with zero attached hydrogens (tertiary/aromatic N) is 1. The molecule has 110 valence electrons. The van der Waals surface area contributed by atoms with Crippen LogP contribution in [-0.4, -0.2) is 32.3 Å². The van der Waals surface area contributed by atoms with Crippen molar-refractivity contribution in [2.24, 2.45) is 5.92 Å². The van der Waals surface area contributed by atoms with E-state index in [-0.39, 0.29) is 0 Å². The second-order valence-corrected chi connectivity index (χ2v) is 6.32. The van der Waals surface area contributed by atoms with Crippen molar-refractivity contribution in [3.05, 3.63) is 23.2 Å². The second kappa shape index (κ2) is 5.82. The molecule has 4 heteroatoms. The molecule has 1 aliphatic carbocycles. The molecule has 2 aliphatic rings. The average molecular weight is 295 g/mol. The number of ether oxygens (including phenoxy) is 1. The molecule has 0 aromatic heterocycles. The molecular formula is C16H23ClN2O. The van der Waals surface area contributed by atoms with Crippen molar-refractivity contribution < 1.29 is 4.74 Å². The Morgan fingerprint density at radius 3 is 2.85 bits per heavy atom. The van der Waals surface area contributed by atoms with Crippen molar-refractivity contribution in [3.8, 4) is 5.75 Å². The third-order valence-electron chi connectivity index (χ3n) is 4.56. The summed E-state index contributed by atoms with van der Waals surface area (Å²) in [4.78, 5) is 2.49. The van der Waals surface area contributed by atoms with Gasteiger partial charge in [0.2, 0.25) is 0 Å². The van der Waals surface area contributed by atoms with Crippen LogP contribution in [0.15, 0.2) is 18.2 Å². The Balaban J connectivity index is 1.89. The summed E-state index contributed by atoms with van der Waals surface area (Å²) in [7, 11) is 1.73. The predicted molar refractivity (Wildman–Crippen MR) is 83.9 cm³/mol. The molecular weight excluding hydrogens is 272 g/mol. The summed E-state index contributed by atoms with van der Waals surface area (Å²) in [5, 5.41) is 4.49. The highest BCUT2D eigenvalue weighted by Crippen LogP contribution is 2.38. The quantitative estimate of drug-likeness (QED) is 0.922. The molecule has 0 bridgehead atoms. The van der Waals surface area contributed by atoms with Crippen LogP contribution < -0.4 is 15.0 Å². The number of rotatable bonds is 4. The van der Waals surface area contributed by atoms with Gasteiger partial charge in [-0.25, -0.2) is 0 Å². The zero-order valence-corrected chi connectivity index (χ0v) is 13.0. The van der Waals surface area contributed by atoms with Crippen molar-refractivity contribution in [1.82, 2.24) is 5.32 Å². The summed E-state index contributed by atoms with van der Waals surface area (Å²) in [6.45, 7) is 4.35. The van der Waals surface area contributed by atoms with E-state index in [1.165, 1.54) is 12.8 Å². The van der Waals surface area contributed by atoms with E-state index in [0.717, 1.165) is 41.9 Å². The van der Waals surface area contributed by atoms with Gasteiger partial charge in [-0.2, -0.15) is 0 Å². The highest BCUT2D eigenvalue weighted by Gasteiger charge is 2.37. The van der Waals surface area contributed by atoms with E-state index >= 15 is 0 Å². The molecule has 3 nitrogen and oxygen atoms in total. The summed E-state index contributed by atoms with van der Waals surface area (Å²) >= 11 is 6.20. The molecule has 0 spiro atoms. The Hall–Kier alpha value is -0.930. The Morgan fingerprint density at radius 2 is 2.20 bits per heavy atom. The number of hydrogen-bond acceptors (Lipinski definition) is 3. The minimum atomic E-state index is 0.511.